The highest BCUT2D eigenvalue weighted by Crippen LogP contribution is 2.33. The van der Waals surface area contributed by atoms with Gasteiger partial charge >= 0.3 is 0 Å². The van der Waals surface area contributed by atoms with E-state index >= 15 is 0 Å². The Morgan fingerprint density at radius 1 is 1.00 bits per heavy atom. The molecular formula is C17H33NO. The van der Waals surface area contributed by atoms with Gasteiger partial charge < -0.3 is 5.11 Å². The van der Waals surface area contributed by atoms with E-state index in [1.165, 1.54) is 64.5 Å². The standard InChI is InChI=1S/C17H33NO/c1-3-6-15-8-9-17(19)16(13-15)18-11-5-7-14(4-2)10-12-18/h14-17,19H,3-13H2,1-2H3. The van der Waals surface area contributed by atoms with Gasteiger partial charge in [-0.25, -0.2) is 0 Å². The molecule has 112 valence electrons. The van der Waals surface area contributed by atoms with Crippen LogP contribution >= 0.6 is 0 Å². The van der Waals surface area contributed by atoms with E-state index in [1.54, 1.807) is 0 Å². The number of rotatable bonds is 4. The molecule has 1 heterocycles. The van der Waals surface area contributed by atoms with E-state index in [4.69, 9.17) is 0 Å². The summed E-state index contributed by atoms with van der Waals surface area (Å²) < 4.78 is 0. The molecule has 0 aromatic rings. The summed E-state index contributed by atoms with van der Waals surface area (Å²) in [4.78, 5) is 2.63. The van der Waals surface area contributed by atoms with Crippen molar-refractivity contribution in [3.8, 4) is 0 Å². The van der Waals surface area contributed by atoms with Gasteiger partial charge in [-0.1, -0.05) is 33.1 Å². The quantitative estimate of drug-likeness (QED) is 0.837. The number of likely N-dealkylation sites (tertiary alicyclic amines) is 1. The largest absolute Gasteiger partial charge is 0.391 e. The lowest BCUT2D eigenvalue weighted by molar-refractivity contribution is 0.00251. The lowest BCUT2D eigenvalue weighted by atomic mass is 9.80. The molecule has 1 aliphatic heterocycles. The lowest BCUT2D eigenvalue weighted by Crippen LogP contribution is -2.47. The van der Waals surface area contributed by atoms with Gasteiger partial charge in [-0.2, -0.15) is 0 Å². The molecule has 4 atom stereocenters. The molecule has 19 heavy (non-hydrogen) atoms. The van der Waals surface area contributed by atoms with Gasteiger partial charge in [0.2, 0.25) is 0 Å². The first-order chi connectivity index (χ1) is 9.24. The average Bonchev–Trinajstić information content (AvgIpc) is 2.66. The van der Waals surface area contributed by atoms with Crippen LogP contribution in [0.4, 0.5) is 0 Å². The second kappa shape index (κ2) is 7.64. The van der Waals surface area contributed by atoms with E-state index in [0.29, 0.717) is 6.04 Å². The first-order valence-electron chi connectivity index (χ1n) is 8.66. The smallest absolute Gasteiger partial charge is 0.0695 e. The molecule has 1 saturated carbocycles. The van der Waals surface area contributed by atoms with Gasteiger partial charge in [0.1, 0.15) is 0 Å². The van der Waals surface area contributed by atoms with Gasteiger partial charge in [0, 0.05) is 6.04 Å². The van der Waals surface area contributed by atoms with Crippen molar-refractivity contribution in [2.45, 2.75) is 83.8 Å². The topological polar surface area (TPSA) is 23.5 Å². The lowest BCUT2D eigenvalue weighted by Gasteiger charge is -2.40. The molecule has 1 N–H and O–H groups in total. The summed E-state index contributed by atoms with van der Waals surface area (Å²) in [5, 5.41) is 10.4. The summed E-state index contributed by atoms with van der Waals surface area (Å²) in [6.07, 6.45) is 11.5. The molecule has 0 spiro atoms. The van der Waals surface area contributed by atoms with Gasteiger partial charge in [-0.05, 0) is 63.5 Å². The van der Waals surface area contributed by atoms with E-state index in [2.05, 4.69) is 18.7 Å². The van der Waals surface area contributed by atoms with Gasteiger partial charge in [-0.3, -0.25) is 4.90 Å². The summed E-state index contributed by atoms with van der Waals surface area (Å²) in [7, 11) is 0. The van der Waals surface area contributed by atoms with Crippen LogP contribution in [-0.4, -0.2) is 35.2 Å². The minimum atomic E-state index is -0.0636. The Hall–Kier alpha value is -0.0800. The zero-order chi connectivity index (χ0) is 13.7. The van der Waals surface area contributed by atoms with Crippen molar-refractivity contribution in [1.29, 1.82) is 0 Å². The van der Waals surface area contributed by atoms with Crippen LogP contribution in [0, 0.1) is 11.8 Å². The molecular weight excluding hydrogens is 234 g/mol. The minimum absolute atomic E-state index is 0.0636. The fourth-order valence-corrected chi connectivity index (χ4v) is 4.21. The van der Waals surface area contributed by atoms with Gasteiger partial charge in [0.15, 0.2) is 0 Å². The molecule has 4 unspecified atom stereocenters. The van der Waals surface area contributed by atoms with Crippen molar-refractivity contribution in [3.63, 3.8) is 0 Å². The Kier molecular flexibility index (Phi) is 6.15. The summed E-state index contributed by atoms with van der Waals surface area (Å²) in [6.45, 7) is 7.06. The van der Waals surface area contributed by atoms with Gasteiger partial charge in [-0.15, -0.1) is 0 Å². The summed E-state index contributed by atoms with van der Waals surface area (Å²) in [5.41, 5.74) is 0. The molecule has 2 fully saturated rings. The van der Waals surface area contributed by atoms with E-state index < -0.39 is 0 Å². The SMILES string of the molecule is CCCC1CCC(O)C(N2CCCC(CC)CC2)C1. The zero-order valence-corrected chi connectivity index (χ0v) is 13.0. The van der Waals surface area contributed by atoms with Crippen LogP contribution < -0.4 is 0 Å². The number of nitrogens with zero attached hydrogens (tertiary/aromatic N) is 1. The van der Waals surface area contributed by atoms with Crippen LogP contribution in [0.3, 0.4) is 0 Å². The molecule has 1 aliphatic carbocycles. The van der Waals surface area contributed by atoms with Crippen LogP contribution in [0.25, 0.3) is 0 Å². The van der Waals surface area contributed by atoms with Crippen molar-refractivity contribution in [1.82, 2.24) is 4.90 Å². The summed E-state index contributed by atoms with van der Waals surface area (Å²) in [6, 6.07) is 0.459. The van der Waals surface area contributed by atoms with Crippen molar-refractivity contribution in [2.24, 2.45) is 11.8 Å². The van der Waals surface area contributed by atoms with E-state index in [0.717, 1.165) is 18.3 Å². The van der Waals surface area contributed by atoms with Crippen LogP contribution in [-0.2, 0) is 0 Å². The molecule has 2 aliphatic rings. The van der Waals surface area contributed by atoms with Gasteiger partial charge in [0.25, 0.3) is 0 Å². The first kappa shape index (κ1) is 15.3. The number of hydrogen-bond donors (Lipinski definition) is 1. The minimum Gasteiger partial charge on any atom is -0.391 e. The van der Waals surface area contributed by atoms with Crippen molar-refractivity contribution >= 4 is 0 Å². The number of hydrogen-bond acceptors (Lipinski definition) is 2. The third-order valence-electron chi connectivity index (χ3n) is 5.52. The first-order valence-corrected chi connectivity index (χ1v) is 8.66. The van der Waals surface area contributed by atoms with E-state index in [-0.39, 0.29) is 6.10 Å². The van der Waals surface area contributed by atoms with Gasteiger partial charge in [0.05, 0.1) is 6.10 Å². The normalized spacial score (nSPS) is 38.1. The molecule has 0 aromatic heterocycles. The molecule has 0 radical (unpaired) electrons. The monoisotopic (exact) mass is 267 g/mol. The van der Waals surface area contributed by atoms with Crippen molar-refractivity contribution < 1.29 is 5.11 Å². The molecule has 2 nitrogen and oxygen atoms in total. The predicted molar refractivity (Wildman–Crippen MR) is 81.2 cm³/mol. The highest BCUT2D eigenvalue weighted by Gasteiger charge is 2.33. The average molecular weight is 267 g/mol. The highest BCUT2D eigenvalue weighted by molar-refractivity contribution is 4.88. The third-order valence-corrected chi connectivity index (χ3v) is 5.52. The Balaban J connectivity index is 1.90. The van der Waals surface area contributed by atoms with Crippen LogP contribution in [0.1, 0.15) is 71.6 Å². The second-order valence-electron chi connectivity index (χ2n) is 6.84. The zero-order valence-electron chi connectivity index (χ0n) is 13.0. The maximum atomic E-state index is 10.4. The molecule has 0 amide bonds. The van der Waals surface area contributed by atoms with Crippen LogP contribution in [0.15, 0.2) is 0 Å². The highest BCUT2D eigenvalue weighted by atomic mass is 16.3. The molecule has 2 rings (SSSR count). The Labute approximate surface area is 119 Å². The van der Waals surface area contributed by atoms with Crippen LogP contribution in [0.5, 0.6) is 0 Å². The molecule has 0 aromatic carbocycles. The number of aliphatic hydroxyl groups is 1. The predicted octanol–water partition coefficient (Wildman–Crippen LogP) is 3.83. The molecule has 1 saturated heterocycles. The van der Waals surface area contributed by atoms with Crippen molar-refractivity contribution in [3.05, 3.63) is 0 Å². The third kappa shape index (κ3) is 4.19. The molecule has 0 bridgehead atoms. The molecule has 2 heteroatoms. The number of aliphatic hydroxyl groups excluding tert-OH is 1. The van der Waals surface area contributed by atoms with E-state index in [1.807, 2.05) is 0 Å². The fourth-order valence-electron chi connectivity index (χ4n) is 4.21. The Morgan fingerprint density at radius 3 is 2.58 bits per heavy atom. The second-order valence-corrected chi connectivity index (χ2v) is 6.84. The Morgan fingerprint density at radius 2 is 1.84 bits per heavy atom. The summed E-state index contributed by atoms with van der Waals surface area (Å²) in [5.74, 6) is 1.79. The summed E-state index contributed by atoms with van der Waals surface area (Å²) >= 11 is 0. The maximum Gasteiger partial charge on any atom is 0.0695 e. The Bertz CT molecular complexity index is 256. The fraction of sp³-hybridized carbons (Fsp3) is 1.00. The van der Waals surface area contributed by atoms with E-state index in [9.17, 15) is 5.11 Å². The van der Waals surface area contributed by atoms with Crippen LogP contribution in [0.2, 0.25) is 0 Å². The maximum absolute atomic E-state index is 10.4. The van der Waals surface area contributed by atoms with Crippen molar-refractivity contribution in [2.75, 3.05) is 13.1 Å².